The van der Waals surface area contributed by atoms with Gasteiger partial charge in [-0.2, -0.15) is 5.26 Å². The van der Waals surface area contributed by atoms with Crippen LogP contribution in [0.1, 0.15) is 5.56 Å². The Hall–Kier alpha value is -1.76. The van der Waals surface area contributed by atoms with Crippen molar-refractivity contribution >= 4 is 35.2 Å². The first-order chi connectivity index (χ1) is 8.58. The van der Waals surface area contributed by atoms with Crippen LogP contribution >= 0.6 is 23.2 Å². The van der Waals surface area contributed by atoms with Gasteiger partial charge in [-0.05, 0) is 23.8 Å². The van der Waals surface area contributed by atoms with Gasteiger partial charge in [0.1, 0.15) is 18.2 Å². The van der Waals surface area contributed by atoms with Gasteiger partial charge in [-0.25, -0.2) is 4.79 Å². The molecule has 0 aliphatic carbocycles. The fourth-order valence-electron chi connectivity index (χ4n) is 1.12. The maximum absolute atomic E-state index is 11.5. The van der Waals surface area contributed by atoms with Crippen LogP contribution < -0.4 is 0 Å². The van der Waals surface area contributed by atoms with Crippen LogP contribution in [0.25, 0.3) is 6.08 Å². The zero-order valence-corrected chi connectivity index (χ0v) is 10.8. The summed E-state index contributed by atoms with van der Waals surface area (Å²) in [6, 6.07) is 6.52. The molecule has 5 heteroatoms. The number of esters is 1. The van der Waals surface area contributed by atoms with Gasteiger partial charge in [0.05, 0.1) is 0 Å². The molecule has 0 bridgehead atoms. The molecule has 1 rings (SSSR count). The number of ether oxygens (including phenoxy) is 1. The summed E-state index contributed by atoms with van der Waals surface area (Å²) in [7, 11) is 0. The number of halogens is 2. The molecular weight excluding hydrogens is 273 g/mol. The Bertz CT molecular complexity index is 544. The second-order valence-electron chi connectivity index (χ2n) is 3.22. The molecule has 0 unspecified atom stereocenters. The molecule has 0 spiro atoms. The third kappa shape index (κ3) is 3.92. The average molecular weight is 282 g/mol. The summed E-state index contributed by atoms with van der Waals surface area (Å²) >= 11 is 11.7. The first-order valence-electron chi connectivity index (χ1n) is 4.93. The lowest BCUT2D eigenvalue weighted by atomic mass is 10.1. The lowest BCUT2D eigenvalue weighted by Gasteiger charge is -2.02. The van der Waals surface area contributed by atoms with Crippen LogP contribution in [0, 0.1) is 11.3 Å². The molecule has 0 saturated heterocycles. The predicted molar refractivity (Wildman–Crippen MR) is 71.2 cm³/mol. The van der Waals surface area contributed by atoms with Crippen LogP contribution in [0.2, 0.25) is 10.0 Å². The summed E-state index contributed by atoms with van der Waals surface area (Å²) in [6.45, 7) is 3.46. The third-order valence-corrected chi connectivity index (χ3v) is 2.50. The summed E-state index contributed by atoms with van der Waals surface area (Å²) < 4.78 is 4.76. The zero-order valence-electron chi connectivity index (χ0n) is 9.32. The van der Waals surface area contributed by atoms with E-state index in [1.54, 1.807) is 18.2 Å². The topological polar surface area (TPSA) is 50.1 Å². The first kappa shape index (κ1) is 14.3. The SMILES string of the molecule is C=CCOC(=O)/C(C#N)=C\c1ccc(Cl)cc1Cl. The number of nitrogens with zero attached hydrogens (tertiary/aromatic N) is 1. The highest BCUT2D eigenvalue weighted by Gasteiger charge is 2.11. The highest BCUT2D eigenvalue weighted by Crippen LogP contribution is 2.23. The molecule has 1 aromatic carbocycles. The van der Waals surface area contributed by atoms with Gasteiger partial charge in [0, 0.05) is 10.0 Å². The Labute approximate surface area is 115 Å². The highest BCUT2D eigenvalue weighted by molar-refractivity contribution is 6.35. The minimum Gasteiger partial charge on any atom is -0.457 e. The largest absolute Gasteiger partial charge is 0.457 e. The van der Waals surface area contributed by atoms with Crippen molar-refractivity contribution in [2.24, 2.45) is 0 Å². The Morgan fingerprint density at radius 3 is 2.78 bits per heavy atom. The maximum Gasteiger partial charge on any atom is 0.349 e. The van der Waals surface area contributed by atoms with Crippen LogP contribution in [-0.2, 0) is 9.53 Å². The number of hydrogen-bond donors (Lipinski definition) is 0. The first-order valence-corrected chi connectivity index (χ1v) is 5.69. The van der Waals surface area contributed by atoms with E-state index in [1.165, 1.54) is 18.2 Å². The molecule has 0 aromatic heterocycles. The Balaban J connectivity index is 3.01. The molecular formula is C13H9Cl2NO2. The second-order valence-corrected chi connectivity index (χ2v) is 4.07. The van der Waals surface area contributed by atoms with Crippen molar-refractivity contribution in [3.8, 4) is 6.07 Å². The summed E-state index contributed by atoms with van der Waals surface area (Å²) in [6.07, 6.45) is 2.77. The Morgan fingerprint density at radius 2 is 2.22 bits per heavy atom. The molecule has 3 nitrogen and oxygen atoms in total. The predicted octanol–water partition coefficient (Wildman–Crippen LogP) is 3.63. The smallest absolute Gasteiger partial charge is 0.349 e. The van der Waals surface area contributed by atoms with Crippen LogP contribution in [0.15, 0.2) is 36.4 Å². The van der Waals surface area contributed by atoms with Gasteiger partial charge >= 0.3 is 5.97 Å². The van der Waals surface area contributed by atoms with Crippen molar-refractivity contribution in [2.45, 2.75) is 0 Å². The van der Waals surface area contributed by atoms with Gasteiger partial charge in [0.25, 0.3) is 0 Å². The molecule has 0 fully saturated rings. The minimum atomic E-state index is -0.719. The van der Waals surface area contributed by atoms with Gasteiger partial charge in [-0.15, -0.1) is 0 Å². The summed E-state index contributed by atoms with van der Waals surface area (Å²) in [4.78, 5) is 11.5. The fraction of sp³-hybridized carbons (Fsp3) is 0.0769. The van der Waals surface area contributed by atoms with Crippen molar-refractivity contribution < 1.29 is 9.53 Å². The number of carbonyl (C=O) groups is 1. The normalized spacial score (nSPS) is 10.6. The van der Waals surface area contributed by atoms with Gasteiger partial charge in [0.15, 0.2) is 0 Å². The lowest BCUT2D eigenvalue weighted by molar-refractivity contribution is -0.137. The van der Waals surface area contributed by atoms with E-state index in [0.29, 0.717) is 15.6 Å². The van der Waals surface area contributed by atoms with E-state index in [0.717, 1.165) is 0 Å². The number of benzene rings is 1. The van der Waals surface area contributed by atoms with Crippen LogP contribution in [0.4, 0.5) is 0 Å². The monoisotopic (exact) mass is 281 g/mol. The lowest BCUT2D eigenvalue weighted by Crippen LogP contribution is -2.06. The standard InChI is InChI=1S/C13H9Cl2NO2/c1-2-5-18-13(17)10(8-16)6-9-3-4-11(14)7-12(9)15/h2-4,6-7H,1,5H2/b10-6-. The molecule has 0 aliphatic rings. The zero-order chi connectivity index (χ0) is 13.5. The molecule has 1 aromatic rings. The number of carbonyl (C=O) groups excluding carboxylic acids is 1. The van der Waals surface area contributed by atoms with E-state index in [9.17, 15) is 4.79 Å². The van der Waals surface area contributed by atoms with Gasteiger partial charge < -0.3 is 4.74 Å². The number of rotatable bonds is 4. The number of hydrogen-bond acceptors (Lipinski definition) is 3. The van der Waals surface area contributed by atoms with Crippen molar-refractivity contribution in [1.29, 1.82) is 5.26 Å². The van der Waals surface area contributed by atoms with E-state index in [1.807, 2.05) is 0 Å². The molecule has 0 N–H and O–H groups in total. The second kappa shape index (κ2) is 6.85. The highest BCUT2D eigenvalue weighted by atomic mass is 35.5. The number of nitriles is 1. The quantitative estimate of drug-likeness (QED) is 0.367. The molecule has 0 saturated carbocycles. The Morgan fingerprint density at radius 1 is 1.50 bits per heavy atom. The van der Waals surface area contributed by atoms with E-state index in [4.69, 9.17) is 33.2 Å². The minimum absolute atomic E-state index is 0.0478. The van der Waals surface area contributed by atoms with Crippen molar-refractivity contribution in [1.82, 2.24) is 0 Å². The Kier molecular flexibility index (Phi) is 5.44. The summed E-state index contributed by atoms with van der Waals surface area (Å²) in [5.41, 5.74) is 0.384. The van der Waals surface area contributed by atoms with Crippen LogP contribution in [0.3, 0.4) is 0 Å². The van der Waals surface area contributed by atoms with Gasteiger partial charge in [-0.1, -0.05) is 41.9 Å². The molecule has 0 aliphatic heterocycles. The van der Waals surface area contributed by atoms with Crippen molar-refractivity contribution in [2.75, 3.05) is 6.61 Å². The maximum atomic E-state index is 11.5. The van der Waals surface area contributed by atoms with E-state index >= 15 is 0 Å². The summed E-state index contributed by atoms with van der Waals surface area (Å²) in [5.74, 6) is -0.719. The third-order valence-electron chi connectivity index (χ3n) is 1.93. The van der Waals surface area contributed by atoms with E-state index in [-0.39, 0.29) is 12.2 Å². The van der Waals surface area contributed by atoms with Crippen molar-refractivity contribution in [3.05, 3.63) is 52.0 Å². The van der Waals surface area contributed by atoms with E-state index in [2.05, 4.69) is 6.58 Å². The van der Waals surface area contributed by atoms with Crippen LogP contribution in [0.5, 0.6) is 0 Å². The molecule has 0 amide bonds. The van der Waals surface area contributed by atoms with Gasteiger partial charge in [-0.3, -0.25) is 0 Å². The molecule has 0 radical (unpaired) electrons. The summed E-state index contributed by atoms with van der Waals surface area (Å²) in [5, 5.41) is 9.72. The molecule has 0 heterocycles. The van der Waals surface area contributed by atoms with Gasteiger partial charge in [0.2, 0.25) is 0 Å². The average Bonchev–Trinajstić information content (AvgIpc) is 2.35. The van der Waals surface area contributed by atoms with Crippen LogP contribution in [-0.4, -0.2) is 12.6 Å². The molecule has 92 valence electrons. The molecule has 0 atom stereocenters. The van der Waals surface area contributed by atoms with Crippen molar-refractivity contribution in [3.63, 3.8) is 0 Å². The molecule has 18 heavy (non-hydrogen) atoms. The van der Waals surface area contributed by atoms with E-state index < -0.39 is 5.97 Å². The fourth-order valence-corrected chi connectivity index (χ4v) is 1.59.